The van der Waals surface area contributed by atoms with Gasteiger partial charge in [0.05, 0.1) is 7.11 Å². The molecule has 3 aliphatic rings. The second-order valence-electron chi connectivity index (χ2n) is 11.3. The summed E-state index contributed by atoms with van der Waals surface area (Å²) in [5.74, 6) is 0.897. The maximum absolute atomic E-state index is 10.8. The molecule has 0 unspecified atom stereocenters. The molecule has 1 aromatic carbocycles. The number of hydrogen-bond donors (Lipinski definition) is 2. The lowest BCUT2D eigenvalue weighted by molar-refractivity contribution is 0.0637. The van der Waals surface area contributed by atoms with Crippen molar-refractivity contribution in [2.45, 2.75) is 65.2 Å². The Morgan fingerprint density at radius 3 is 2.47 bits per heavy atom. The lowest BCUT2D eigenvalue weighted by atomic mass is 9.52. The van der Waals surface area contributed by atoms with Gasteiger partial charge in [0, 0.05) is 10.3 Å². The molecule has 0 saturated heterocycles. The monoisotopic (exact) mass is 448 g/mol. The molecule has 0 radical (unpaired) electrons. The van der Waals surface area contributed by atoms with Gasteiger partial charge >= 0.3 is 0 Å². The van der Waals surface area contributed by atoms with Crippen LogP contribution in [0, 0.1) is 10.8 Å². The molecule has 4 rings (SSSR count). The highest BCUT2D eigenvalue weighted by Gasteiger charge is 2.54. The van der Waals surface area contributed by atoms with Crippen LogP contribution in [0.1, 0.15) is 70.1 Å². The molecule has 3 aliphatic carbocycles. The highest BCUT2D eigenvalue weighted by Crippen LogP contribution is 2.64. The Balaban J connectivity index is 1.94. The minimum atomic E-state index is -0.0738. The number of ether oxygens (including phenoxy) is 1. The first-order valence-electron chi connectivity index (χ1n) is 11.5. The van der Waals surface area contributed by atoms with Crippen molar-refractivity contribution in [3.8, 4) is 5.75 Å². The van der Waals surface area contributed by atoms with Crippen LogP contribution >= 0.6 is 12.6 Å². The fourth-order valence-corrected chi connectivity index (χ4v) is 7.14. The van der Waals surface area contributed by atoms with Gasteiger partial charge in [-0.15, -0.1) is 12.6 Å². The molecular formula is C29H36O2S. The second kappa shape index (κ2) is 8.02. The summed E-state index contributed by atoms with van der Waals surface area (Å²) < 4.78 is 5.24. The lowest BCUT2D eigenvalue weighted by Crippen LogP contribution is -2.44. The summed E-state index contributed by atoms with van der Waals surface area (Å²) in [6, 6.07) is 3.97. The van der Waals surface area contributed by atoms with E-state index in [1.165, 1.54) is 28.7 Å². The van der Waals surface area contributed by atoms with E-state index in [9.17, 15) is 5.11 Å². The summed E-state index contributed by atoms with van der Waals surface area (Å²) in [7, 11) is 1.61. The van der Waals surface area contributed by atoms with E-state index in [1.54, 1.807) is 7.11 Å². The molecule has 0 atom stereocenters. The van der Waals surface area contributed by atoms with Gasteiger partial charge in [0.1, 0.15) is 11.5 Å². The van der Waals surface area contributed by atoms with E-state index in [0.29, 0.717) is 17.9 Å². The Kier molecular flexibility index (Phi) is 5.78. The lowest BCUT2D eigenvalue weighted by Gasteiger charge is -2.52. The van der Waals surface area contributed by atoms with Gasteiger partial charge in [-0.05, 0) is 82.9 Å². The SMILES string of the molecule is C=C(OC)/C(S)=C\Cc1cc(O)cc2c1C1=C(C=CC=CC1)C21CC(C)(C)CC(C)(C)C1. The van der Waals surface area contributed by atoms with Gasteiger partial charge in [-0.2, -0.15) is 0 Å². The van der Waals surface area contributed by atoms with Gasteiger partial charge in [-0.3, -0.25) is 0 Å². The number of aromatic hydroxyl groups is 1. The van der Waals surface area contributed by atoms with Crippen molar-refractivity contribution in [3.05, 3.63) is 82.0 Å². The first-order chi connectivity index (χ1) is 15.0. The fraction of sp³-hybridized carbons (Fsp3) is 0.448. The van der Waals surface area contributed by atoms with Crippen LogP contribution in [0.25, 0.3) is 5.57 Å². The predicted molar refractivity (Wildman–Crippen MR) is 138 cm³/mol. The van der Waals surface area contributed by atoms with Crippen molar-refractivity contribution >= 4 is 18.2 Å². The number of phenolic OH excluding ortho intramolecular Hbond substituents is 1. The third kappa shape index (κ3) is 4.01. The quantitative estimate of drug-likeness (QED) is 0.281. The third-order valence-corrected chi connectivity index (χ3v) is 7.69. The number of methoxy groups -OCH3 is 1. The number of fused-ring (bicyclic) bond motifs is 4. The van der Waals surface area contributed by atoms with Crippen LogP contribution < -0.4 is 0 Å². The van der Waals surface area contributed by atoms with Crippen molar-refractivity contribution in [3.63, 3.8) is 0 Å². The Morgan fingerprint density at radius 1 is 1.12 bits per heavy atom. The minimum Gasteiger partial charge on any atom is -0.508 e. The van der Waals surface area contributed by atoms with Crippen molar-refractivity contribution in [1.82, 2.24) is 0 Å². The standard InChI is InChI=1S/C29H36O2S/c1-19(31-6)25(32)13-12-20-14-21(30)15-24-26(20)22-10-8-7-9-11-23(22)29(24)17-27(2,3)16-28(4,5)18-29/h7-9,11,13-15,30,32H,1,10,12,16-18H2,2-6H3/b25-13+. The largest absolute Gasteiger partial charge is 0.508 e. The van der Waals surface area contributed by atoms with E-state index < -0.39 is 0 Å². The average Bonchev–Trinajstić information content (AvgIpc) is 2.85. The zero-order chi connectivity index (χ0) is 23.3. The average molecular weight is 449 g/mol. The van der Waals surface area contributed by atoms with Gasteiger partial charge in [0.2, 0.25) is 0 Å². The first-order valence-corrected chi connectivity index (χ1v) is 12.0. The van der Waals surface area contributed by atoms with E-state index in [4.69, 9.17) is 4.74 Å². The van der Waals surface area contributed by atoms with Crippen molar-refractivity contribution in [2.24, 2.45) is 10.8 Å². The molecule has 1 fully saturated rings. The van der Waals surface area contributed by atoms with Crippen LogP contribution in [0.2, 0.25) is 0 Å². The van der Waals surface area contributed by atoms with E-state index >= 15 is 0 Å². The second-order valence-corrected chi connectivity index (χ2v) is 11.8. The van der Waals surface area contributed by atoms with E-state index in [1.807, 2.05) is 18.2 Å². The molecule has 1 spiro atoms. The Hall–Kier alpha value is -2.13. The van der Waals surface area contributed by atoms with Crippen molar-refractivity contribution in [1.29, 1.82) is 0 Å². The summed E-state index contributed by atoms with van der Waals surface area (Å²) in [4.78, 5) is 0.729. The van der Waals surface area contributed by atoms with Crippen LogP contribution in [-0.2, 0) is 16.6 Å². The molecule has 32 heavy (non-hydrogen) atoms. The summed E-state index contributed by atoms with van der Waals surface area (Å²) in [6.07, 6.45) is 16.0. The molecule has 0 bridgehead atoms. The number of rotatable bonds is 4. The third-order valence-electron chi connectivity index (χ3n) is 7.26. The van der Waals surface area contributed by atoms with Gasteiger partial charge in [-0.25, -0.2) is 0 Å². The molecule has 0 amide bonds. The van der Waals surface area contributed by atoms with Crippen LogP contribution in [0.5, 0.6) is 5.75 Å². The molecule has 0 heterocycles. The first kappa shape index (κ1) is 23.0. The maximum atomic E-state index is 10.8. The van der Waals surface area contributed by atoms with Crippen LogP contribution in [0.15, 0.2) is 65.3 Å². The number of thiol groups is 1. The maximum Gasteiger partial charge on any atom is 0.124 e. The van der Waals surface area contributed by atoms with E-state index in [0.717, 1.165) is 29.7 Å². The zero-order valence-electron chi connectivity index (χ0n) is 20.1. The summed E-state index contributed by atoms with van der Waals surface area (Å²) in [5, 5.41) is 10.8. The van der Waals surface area contributed by atoms with Crippen LogP contribution in [-0.4, -0.2) is 12.2 Å². The fourth-order valence-electron chi connectivity index (χ4n) is 6.96. The van der Waals surface area contributed by atoms with Crippen LogP contribution in [0.4, 0.5) is 0 Å². The zero-order valence-corrected chi connectivity index (χ0v) is 21.0. The molecule has 1 saturated carbocycles. The van der Waals surface area contributed by atoms with E-state index in [-0.39, 0.29) is 16.2 Å². The molecule has 1 aromatic rings. The molecule has 0 aromatic heterocycles. The van der Waals surface area contributed by atoms with Crippen molar-refractivity contribution < 1.29 is 9.84 Å². The number of hydrogen-bond acceptors (Lipinski definition) is 3. The smallest absolute Gasteiger partial charge is 0.124 e. The van der Waals surface area contributed by atoms with Crippen LogP contribution in [0.3, 0.4) is 0 Å². The molecule has 2 nitrogen and oxygen atoms in total. The number of allylic oxidation sites excluding steroid dienone is 7. The molecule has 3 heteroatoms. The Labute approximate surface area is 198 Å². The van der Waals surface area contributed by atoms with Gasteiger partial charge in [-0.1, -0.05) is 64.7 Å². The highest BCUT2D eigenvalue weighted by molar-refractivity contribution is 7.84. The molecular weight excluding hydrogens is 412 g/mol. The normalized spacial score (nSPS) is 22.5. The van der Waals surface area contributed by atoms with E-state index in [2.05, 4.69) is 71.2 Å². The van der Waals surface area contributed by atoms with Crippen molar-refractivity contribution in [2.75, 3.05) is 7.11 Å². The minimum absolute atomic E-state index is 0.0738. The summed E-state index contributed by atoms with van der Waals surface area (Å²) in [6.45, 7) is 13.5. The molecule has 1 N–H and O–H groups in total. The Bertz CT molecular complexity index is 1060. The van der Waals surface area contributed by atoms with Gasteiger partial charge < -0.3 is 9.84 Å². The Morgan fingerprint density at radius 2 is 1.81 bits per heavy atom. The predicted octanol–water partition coefficient (Wildman–Crippen LogP) is 7.67. The van der Waals surface area contributed by atoms with Gasteiger partial charge in [0.25, 0.3) is 0 Å². The summed E-state index contributed by atoms with van der Waals surface area (Å²) in [5.41, 5.74) is 6.99. The number of phenols is 1. The molecule has 170 valence electrons. The topological polar surface area (TPSA) is 29.5 Å². The van der Waals surface area contributed by atoms with Gasteiger partial charge in [0.15, 0.2) is 0 Å². The number of benzene rings is 1. The molecule has 0 aliphatic heterocycles. The highest BCUT2D eigenvalue weighted by atomic mass is 32.1. The summed E-state index contributed by atoms with van der Waals surface area (Å²) >= 11 is 4.56.